The van der Waals surface area contributed by atoms with Crippen LogP contribution >= 0.6 is 11.6 Å². The Balaban J connectivity index is 1.42. The second-order valence-corrected chi connectivity index (χ2v) is 6.73. The summed E-state index contributed by atoms with van der Waals surface area (Å²) in [7, 11) is 0. The lowest BCUT2D eigenvalue weighted by Gasteiger charge is -2.37. The van der Waals surface area contributed by atoms with Crippen LogP contribution in [0.3, 0.4) is 0 Å². The fraction of sp³-hybridized carbons (Fsp3) is 0.647. The first kappa shape index (κ1) is 15.1. The van der Waals surface area contributed by atoms with Crippen molar-refractivity contribution < 1.29 is 0 Å². The molecule has 2 aliphatic heterocycles. The summed E-state index contributed by atoms with van der Waals surface area (Å²) in [5.41, 5.74) is 1.26. The van der Waals surface area contributed by atoms with E-state index in [0.717, 1.165) is 24.0 Å². The second kappa shape index (κ2) is 7.48. The fourth-order valence-corrected chi connectivity index (χ4v) is 3.62. The van der Waals surface area contributed by atoms with Crippen LogP contribution in [-0.4, -0.2) is 50.7 Å². The van der Waals surface area contributed by atoms with E-state index >= 15 is 0 Å². The van der Waals surface area contributed by atoms with Crippen molar-refractivity contribution in [3.05, 3.63) is 29.3 Å². The maximum Gasteiger partial charge on any atom is 0.0426 e. The largest absolute Gasteiger partial charge is 0.369 e. The van der Waals surface area contributed by atoms with Crippen molar-refractivity contribution in [2.75, 3.05) is 50.7 Å². The fourth-order valence-electron chi connectivity index (χ4n) is 3.44. The molecular weight excluding hydrogens is 282 g/mol. The van der Waals surface area contributed by atoms with Crippen LogP contribution in [0, 0.1) is 5.92 Å². The van der Waals surface area contributed by atoms with Crippen molar-refractivity contribution in [1.29, 1.82) is 0 Å². The van der Waals surface area contributed by atoms with Crippen LogP contribution in [0.2, 0.25) is 5.02 Å². The summed E-state index contributed by atoms with van der Waals surface area (Å²) in [4.78, 5) is 5.08. The molecule has 0 radical (unpaired) electrons. The van der Waals surface area contributed by atoms with E-state index in [1.807, 2.05) is 12.1 Å². The third-order valence-electron chi connectivity index (χ3n) is 4.86. The minimum absolute atomic E-state index is 0.834. The molecular formula is C17H26ClN3. The highest BCUT2D eigenvalue weighted by atomic mass is 35.5. The van der Waals surface area contributed by atoms with Gasteiger partial charge in [-0.1, -0.05) is 17.7 Å². The molecule has 1 aromatic rings. The summed E-state index contributed by atoms with van der Waals surface area (Å²) < 4.78 is 0. The SMILES string of the molecule is Clc1cccc(N2CCN(CCC3CCNCC3)CC2)c1. The molecule has 21 heavy (non-hydrogen) atoms. The molecule has 116 valence electrons. The Hall–Kier alpha value is -0.770. The predicted molar refractivity (Wildman–Crippen MR) is 90.3 cm³/mol. The van der Waals surface area contributed by atoms with Gasteiger partial charge in [0.25, 0.3) is 0 Å². The van der Waals surface area contributed by atoms with Gasteiger partial charge >= 0.3 is 0 Å². The van der Waals surface area contributed by atoms with Gasteiger partial charge in [-0.15, -0.1) is 0 Å². The number of rotatable bonds is 4. The Labute approximate surface area is 133 Å². The van der Waals surface area contributed by atoms with Crippen LogP contribution in [0.5, 0.6) is 0 Å². The van der Waals surface area contributed by atoms with Gasteiger partial charge in [0.2, 0.25) is 0 Å². The summed E-state index contributed by atoms with van der Waals surface area (Å²) in [5, 5.41) is 4.28. The van der Waals surface area contributed by atoms with Crippen molar-refractivity contribution >= 4 is 17.3 Å². The van der Waals surface area contributed by atoms with E-state index in [2.05, 4.69) is 27.2 Å². The van der Waals surface area contributed by atoms with Gasteiger partial charge in [0, 0.05) is 36.9 Å². The molecule has 3 rings (SSSR count). The Morgan fingerprint density at radius 2 is 1.86 bits per heavy atom. The Kier molecular flexibility index (Phi) is 5.39. The average Bonchev–Trinajstić information content (AvgIpc) is 2.54. The maximum atomic E-state index is 6.09. The smallest absolute Gasteiger partial charge is 0.0426 e. The van der Waals surface area contributed by atoms with Crippen LogP contribution in [0.4, 0.5) is 5.69 Å². The molecule has 0 amide bonds. The normalized spacial score (nSPS) is 21.7. The summed E-state index contributed by atoms with van der Waals surface area (Å²) in [6.45, 7) is 8.29. The van der Waals surface area contributed by atoms with E-state index in [1.54, 1.807) is 0 Å². The third kappa shape index (κ3) is 4.35. The summed E-state index contributed by atoms with van der Waals surface area (Å²) in [5.74, 6) is 0.942. The van der Waals surface area contributed by atoms with Crippen LogP contribution in [0.15, 0.2) is 24.3 Å². The highest BCUT2D eigenvalue weighted by Gasteiger charge is 2.19. The van der Waals surface area contributed by atoms with E-state index in [1.165, 1.54) is 57.7 Å². The zero-order valence-electron chi connectivity index (χ0n) is 12.7. The molecule has 0 atom stereocenters. The predicted octanol–water partition coefficient (Wildman–Crippen LogP) is 2.85. The lowest BCUT2D eigenvalue weighted by Crippen LogP contribution is -2.47. The van der Waals surface area contributed by atoms with Crippen molar-refractivity contribution in [2.24, 2.45) is 5.92 Å². The molecule has 3 nitrogen and oxygen atoms in total. The van der Waals surface area contributed by atoms with Gasteiger partial charge in [-0.25, -0.2) is 0 Å². The minimum atomic E-state index is 0.834. The number of hydrogen-bond donors (Lipinski definition) is 1. The van der Waals surface area contributed by atoms with Crippen molar-refractivity contribution in [2.45, 2.75) is 19.3 Å². The molecule has 0 bridgehead atoms. The van der Waals surface area contributed by atoms with Gasteiger partial charge in [0.05, 0.1) is 0 Å². The Morgan fingerprint density at radius 1 is 1.10 bits per heavy atom. The average molecular weight is 308 g/mol. The van der Waals surface area contributed by atoms with Crippen LogP contribution in [-0.2, 0) is 0 Å². The maximum absolute atomic E-state index is 6.09. The first-order valence-electron chi connectivity index (χ1n) is 8.25. The molecule has 1 N–H and O–H groups in total. The first-order valence-corrected chi connectivity index (χ1v) is 8.62. The van der Waals surface area contributed by atoms with Crippen LogP contribution in [0.25, 0.3) is 0 Å². The molecule has 2 saturated heterocycles. The first-order chi connectivity index (χ1) is 10.3. The summed E-state index contributed by atoms with van der Waals surface area (Å²) >= 11 is 6.09. The zero-order chi connectivity index (χ0) is 14.5. The van der Waals surface area contributed by atoms with E-state index in [4.69, 9.17) is 11.6 Å². The van der Waals surface area contributed by atoms with Crippen molar-refractivity contribution in [1.82, 2.24) is 10.2 Å². The minimum Gasteiger partial charge on any atom is -0.369 e. The second-order valence-electron chi connectivity index (χ2n) is 6.29. The number of hydrogen-bond acceptors (Lipinski definition) is 3. The number of nitrogens with zero attached hydrogens (tertiary/aromatic N) is 2. The van der Waals surface area contributed by atoms with Crippen LogP contribution < -0.4 is 10.2 Å². The molecule has 1 aromatic carbocycles. The molecule has 2 aliphatic rings. The van der Waals surface area contributed by atoms with Crippen molar-refractivity contribution in [3.63, 3.8) is 0 Å². The highest BCUT2D eigenvalue weighted by molar-refractivity contribution is 6.30. The molecule has 0 aliphatic carbocycles. The van der Waals surface area contributed by atoms with Gasteiger partial charge in [-0.3, -0.25) is 4.90 Å². The van der Waals surface area contributed by atoms with Gasteiger partial charge in [-0.05, 0) is 63.0 Å². The van der Waals surface area contributed by atoms with Gasteiger partial charge in [0.1, 0.15) is 0 Å². The number of halogens is 1. The number of piperidine rings is 1. The highest BCUT2D eigenvalue weighted by Crippen LogP contribution is 2.21. The molecule has 0 saturated carbocycles. The third-order valence-corrected chi connectivity index (χ3v) is 5.09. The Bertz CT molecular complexity index is 437. The van der Waals surface area contributed by atoms with E-state index in [9.17, 15) is 0 Å². The molecule has 0 unspecified atom stereocenters. The number of benzene rings is 1. The summed E-state index contributed by atoms with van der Waals surface area (Å²) in [6, 6.07) is 8.23. The molecule has 0 spiro atoms. The van der Waals surface area contributed by atoms with Gasteiger partial charge in [-0.2, -0.15) is 0 Å². The molecule has 2 heterocycles. The van der Waals surface area contributed by atoms with Gasteiger partial charge < -0.3 is 10.2 Å². The Morgan fingerprint density at radius 3 is 2.57 bits per heavy atom. The number of anilines is 1. The molecule has 2 fully saturated rings. The summed E-state index contributed by atoms with van der Waals surface area (Å²) in [6.07, 6.45) is 4.10. The number of piperazine rings is 1. The van der Waals surface area contributed by atoms with E-state index < -0.39 is 0 Å². The van der Waals surface area contributed by atoms with Crippen LogP contribution in [0.1, 0.15) is 19.3 Å². The quantitative estimate of drug-likeness (QED) is 0.923. The topological polar surface area (TPSA) is 18.5 Å². The van der Waals surface area contributed by atoms with Gasteiger partial charge in [0.15, 0.2) is 0 Å². The lowest BCUT2D eigenvalue weighted by molar-refractivity contribution is 0.224. The van der Waals surface area contributed by atoms with E-state index in [0.29, 0.717) is 0 Å². The molecule has 0 aromatic heterocycles. The van der Waals surface area contributed by atoms with Crippen molar-refractivity contribution in [3.8, 4) is 0 Å². The zero-order valence-corrected chi connectivity index (χ0v) is 13.5. The van der Waals surface area contributed by atoms with E-state index in [-0.39, 0.29) is 0 Å². The number of nitrogens with one attached hydrogen (secondary N) is 1. The molecule has 4 heteroatoms. The monoisotopic (exact) mass is 307 g/mol. The standard InChI is InChI=1S/C17H26ClN3/c18-16-2-1-3-17(14-16)21-12-10-20(11-13-21)9-6-15-4-7-19-8-5-15/h1-3,14-15,19H,4-13H2. The lowest BCUT2D eigenvalue weighted by atomic mass is 9.94.